The van der Waals surface area contributed by atoms with Crippen molar-refractivity contribution >= 4 is 22.6 Å². The number of hydrogen-bond donors (Lipinski definition) is 0. The van der Waals surface area contributed by atoms with Gasteiger partial charge >= 0.3 is 0 Å². The van der Waals surface area contributed by atoms with Crippen molar-refractivity contribution in [3.8, 4) is 0 Å². The van der Waals surface area contributed by atoms with Crippen molar-refractivity contribution < 1.29 is 0 Å². The minimum atomic E-state index is 0.808. The van der Waals surface area contributed by atoms with Crippen molar-refractivity contribution in [3.05, 3.63) is 6.92 Å². The van der Waals surface area contributed by atoms with Crippen LogP contribution in [-0.4, -0.2) is 3.92 Å². The highest BCUT2D eigenvalue weighted by atomic mass is 127. The van der Waals surface area contributed by atoms with Gasteiger partial charge in [-0.2, -0.15) is 0 Å². The lowest BCUT2D eigenvalue weighted by Crippen LogP contribution is -1.91. The molecular weight excluding hydrogens is 199 g/mol. The quantitative estimate of drug-likeness (QED) is 0.497. The van der Waals surface area contributed by atoms with Crippen LogP contribution in [0.4, 0.5) is 0 Å². The highest BCUT2D eigenvalue weighted by Crippen LogP contribution is 2.10. The molecule has 0 aliphatic heterocycles. The molecule has 7 heavy (non-hydrogen) atoms. The molecule has 0 aromatic heterocycles. The fourth-order valence-corrected chi connectivity index (χ4v) is 1.08. The van der Waals surface area contributed by atoms with Crippen LogP contribution in [0.5, 0.6) is 0 Å². The van der Waals surface area contributed by atoms with E-state index in [1.807, 2.05) is 0 Å². The van der Waals surface area contributed by atoms with Gasteiger partial charge in [-0.15, -0.1) is 0 Å². The maximum absolute atomic E-state index is 3.80. The van der Waals surface area contributed by atoms with E-state index in [2.05, 4.69) is 36.4 Å². The molecule has 0 aliphatic rings. The molecule has 0 fully saturated rings. The first kappa shape index (κ1) is 7.73. The van der Waals surface area contributed by atoms with Crippen LogP contribution in [0.3, 0.4) is 0 Å². The van der Waals surface area contributed by atoms with Crippen molar-refractivity contribution in [2.75, 3.05) is 0 Å². The molecule has 0 nitrogen and oxygen atoms in total. The molecule has 0 aliphatic carbocycles. The number of halogens is 1. The summed E-state index contributed by atoms with van der Waals surface area (Å²) in [5.41, 5.74) is 0. The molecule has 0 heterocycles. The average Bonchev–Trinajstić information content (AvgIpc) is 1.68. The third kappa shape index (κ3) is 4.59. The van der Waals surface area contributed by atoms with Gasteiger partial charge in [0.1, 0.15) is 0 Å². The third-order valence-electron chi connectivity index (χ3n) is 0.915. The van der Waals surface area contributed by atoms with Crippen LogP contribution in [0.25, 0.3) is 0 Å². The standard InChI is InChI=1S/C6H12I/c1-3-5-6(7)4-2/h6H,2-5H2,1H3. The van der Waals surface area contributed by atoms with E-state index in [-0.39, 0.29) is 0 Å². The maximum Gasteiger partial charge on any atom is 0.0109 e. The second-order valence-electron chi connectivity index (χ2n) is 1.67. The second-order valence-corrected chi connectivity index (χ2v) is 3.44. The zero-order chi connectivity index (χ0) is 5.70. The Balaban J connectivity index is 2.83. The maximum atomic E-state index is 3.80. The van der Waals surface area contributed by atoms with Gasteiger partial charge in [-0.05, 0) is 12.8 Å². The number of alkyl halides is 1. The normalized spacial score (nSPS) is 14.1. The summed E-state index contributed by atoms with van der Waals surface area (Å²) in [5.74, 6) is 0. The summed E-state index contributed by atoms with van der Waals surface area (Å²) < 4.78 is 0.808. The zero-order valence-electron chi connectivity index (χ0n) is 4.78. The largest absolute Gasteiger partial charge is 0.0826 e. The van der Waals surface area contributed by atoms with Gasteiger partial charge in [0.25, 0.3) is 0 Å². The van der Waals surface area contributed by atoms with E-state index >= 15 is 0 Å². The van der Waals surface area contributed by atoms with Crippen LogP contribution in [0.1, 0.15) is 26.2 Å². The number of hydrogen-bond acceptors (Lipinski definition) is 0. The van der Waals surface area contributed by atoms with Crippen molar-refractivity contribution in [1.82, 2.24) is 0 Å². The van der Waals surface area contributed by atoms with Gasteiger partial charge in [-0.1, -0.05) is 42.9 Å². The molecule has 0 saturated heterocycles. The van der Waals surface area contributed by atoms with Crippen LogP contribution >= 0.6 is 22.6 Å². The first-order valence-corrected chi connectivity index (χ1v) is 3.99. The highest BCUT2D eigenvalue weighted by Gasteiger charge is 1.94. The molecule has 1 unspecified atom stereocenters. The summed E-state index contributed by atoms with van der Waals surface area (Å²) in [6.45, 7) is 6.01. The second kappa shape index (κ2) is 4.88. The Morgan fingerprint density at radius 3 is 2.43 bits per heavy atom. The lowest BCUT2D eigenvalue weighted by atomic mass is 10.2. The van der Waals surface area contributed by atoms with Gasteiger partial charge in [0, 0.05) is 3.92 Å². The molecule has 0 amide bonds. The van der Waals surface area contributed by atoms with Crippen LogP contribution in [0.15, 0.2) is 0 Å². The van der Waals surface area contributed by atoms with Gasteiger partial charge in [-0.25, -0.2) is 0 Å². The molecule has 1 atom stereocenters. The fraction of sp³-hybridized carbons (Fsp3) is 0.833. The summed E-state index contributed by atoms with van der Waals surface area (Å²) >= 11 is 2.44. The molecule has 43 valence electrons. The average molecular weight is 211 g/mol. The van der Waals surface area contributed by atoms with Crippen LogP contribution in [0, 0.1) is 6.92 Å². The summed E-state index contributed by atoms with van der Waals surface area (Å²) in [7, 11) is 0. The molecule has 1 radical (unpaired) electrons. The first-order valence-electron chi connectivity index (χ1n) is 2.74. The first-order chi connectivity index (χ1) is 3.31. The van der Waals surface area contributed by atoms with Crippen molar-refractivity contribution in [2.24, 2.45) is 0 Å². The monoisotopic (exact) mass is 211 g/mol. The smallest absolute Gasteiger partial charge is 0.0109 e. The zero-order valence-corrected chi connectivity index (χ0v) is 6.94. The Bertz CT molecular complexity index is 35.2. The summed E-state index contributed by atoms with van der Waals surface area (Å²) in [6.07, 6.45) is 3.70. The predicted molar refractivity (Wildman–Crippen MR) is 42.7 cm³/mol. The Morgan fingerprint density at radius 1 is 1.71 bits per heavy atom. The van der Waals surface area contributed by atoms with Gasteiger partial charge in [0.05, 0.1) is 0 Å². The molecule has 1 heteroatoms. The molecular formula is C6H12I. The summed E-state index contributed by atoms with van der Waals surface area (Å²) in [5, 5.41) is 0. The third-order valence-corrected chi connectivity index (χ3v) is 2.16. The molecule has 0 N–H and O–H groups in total. The molecule has 0 spiro atoms. The van der Waals surface area contributed by atoms with E-state index in [1.54, 1.807) is 0 Å². The van der Waals surface area contributed by atoms with E-state index < -0.39 is 0 Å². The predicted octanol–water partition coefficient (Wildman–Crippen LogP) is 2.81. The van der Waals surface area contributed by atoms with Gasteiger partial charge in [0.15, 0.2) is 0 Å². The lowest BCUT2D eigenvalue weighted by Gasteiger charge is -2.00. The van der Waals surface area contributed by atoms with Crippen LogP contribution in [-0.2, 0) is 0 Å². The Labute approximate surface area is 59.8 Å². The van der Waals surface area contributed by atoms with E-state index in [0.717, 1.165) is 10.3 Å². The van der Waals surface area contributed by atoms with E-state index in [9.17, 15) is 0 Å². The molecule has 0 aromatic carbocycles. The molecule has 0 saturated carbocycles. The summed E-state index contributed by atoms with van der Waals surface area (Å²) in [6, 6.07) is 0. The molecule has 0 bridgehead atoms. The Kier molecular flexibility index (Phi) is 5.39. The fourth-order valence-electron chi connectivity index (χ4n) is 0.458. The minimum absolute atomic E-state index is 0.808. The Hall–Kier alpha value is 0.730. The molecule has 0 aromatic rings. The topological polar surface area (TPSA) is 0 Å². The Morgan fingerprint density at radius 2 is 2.29 bits per heavy atom. The van der Waals surface area contributed by atoms with E-state index in [4.69, 9.17) is 0 Å². The number of rotatable bonds is 3. The van der Waals surface area contributed by atoms with Crippen molar-refractivity contribution in [3.63, 3.8) is 0 Å². The molecule has 0 rings (SSSR count). The summed E-state index contributed by atoms with van der Waals surface area (Å²) in [4.78, 5) is 0. The van der Waals surface area contributed by atoms with E-state index in [1.165, 1.54) is 12.8 Å². The SMILES string of the molecule is [CH2]CC(I)CCC. The van der Waals surface area contributed by atoms with Crippen LogP contribution in [0.2, 0.25) is 0 Å². The van der Waals surface area contributed by atoms with Gasteiger partial charge in [-0.3, -0.25) is 0 Å². The van der Waals surface area contributed by atoms with Gasteiger partial charge < -0.3 is 0 Å². The van der Waals surface area contributed by atoms with Crippen molar-refractivity contribution in [2.45, 2.75) is 30.1 Å². The minimum Gasteiger partial charge on any atom is -0.0826 e. The highest BCUT2D eigenvalue weighted by molar-refractivity contribution is 14.1. The van der Waals surface area contributed by atoms with Gasteiger partial charge in [0.2, 0.25) is 0 Å². The van der Waals surface area contributed by atoms with E-state index in [0.29, 0.717) is 0 Å². The van der Waals surface area contributed by atoms with Crippen LogP contribution < -0.4 is 0 Å². The van der Waals surface area contributed by atoms with Crippen molar-refractivity contribution in [1.29, 1.82) is 0 Å². The lowest BCUT2D eigenvalue weighted by molar-refractivity contribution is 0.766.